The molecule has 1 heterocycles. The summed E-state index contributed by atoms with van der Waals surface area (Å²) in [5.41, 5.74) is 8.02. The highest BCUT2D eigenvalue weighted by Gasteiger charge is 2.26. The molecule has 3 aromatic rings. The molecule has 1 aliphatic rings. The second kappa shape index (κ2) is 12.4. The molecular formula is C24H27Cl3N4O3. The zero-order valence-electron chi connectivity index (χ0n) is 18.7. The lowest BCUT2D eigenvalue weighted by atomic mass is 10.1. The number of hydrogen-bond donors (Lipinski definition) is 2. The monoisotopic (exact) mass is 524 g/mol. The van der Waals surface area contributed by atoms with Crippen molar-refractivity contribution >= 4 is 40.8 Å². The SMILES string of the molecule is CCCN(CCOc1c(Cl)cc(Cl)cc1Cl)C(=O)n1ccnc1.NC1c2ccccc2CC1O. The van der Waals surface area contributed by atoms with Crippen molar-refractivity contribution in [1.29, 1.82) is 0 Å². The smallest absolute Gasteiger partial charge is 0.329 e. The summed E-state index contributed by atoms with van der Waals surface area (Å²) in [6.07, 6.45) is 5.80. The summed E-state index contributed by atoms with van der Waals surface area (Å²) in [7, 11) is 0. The summed E-state index contributed by atoms with van der Waals surface area (Å²) in [6.45, 7) is 3.28. The van der Waals surface area contributed by atoms with Crippen molar-refractivity contribution in [2.75, 3.05) is 19.7 Å². The largest absolute Gasteiger partial charge is 0.489 e. The van der Waals surface area contributed by atoms with Crippen molar-refractivity contribution in [3.05, 3.63) is 81.3 Å². The molecule has 2 aromatic carbocycles. The molecule has 3 N–H and O–H groups in total. The third kappa shape index (κ3) is 6.64. The highest BCUT2D eigenvalue weighted by Crippen LogP contribution is 2.35. The van der Waals surface area contributed by atoms with Gasteiger partial charge in [-0.15, -0.1) is 0 Å². The number of aliphatic hydroxyl groups is 1. The minimum absolute atomic E-state index is 0.152. The van der Waals surface area contributed by atoms with E-state index < -0.39 is 0 Å². The molecule has 0 bridgehead atoms. The van der Waals surface area contributed by atoms with Crippen LogP contribution < -0.4 is 10.5 Å². The second-order valence-electron chi connectivity index (χ2n) is 7.78. The van der Waals surface area contributed by atoms with Gasteiger partial charge in [-0.3, -0.25) is 4.57 Å². The number of halogens is 3. The summed E-state index contributed by atoms with van der Waals surface area (Å²) in [5, 5.41) is 10.5. The Morgan fingerprint density at radius 1 is 1.24 bits per heavy atom. The van der Waals surface area contributed by atoms with Crippen LogP contribution in [0.5, 0.6) is 5.75 Å². The van der Waals surface area contributed by atoms with E-state index in [1.54, 1.807) is 29.4 Å². The van der Waals surface area contributed by atoms with Gasteiger partial charge >= 0.3 is 6.03 Å². The molecule has 2 atom stereocenters. The van der Waals surface area contributed by atoms with E-state index in [-0.39, 0.29) is 24.8 Å². The quantitative estimate of drug-likeness (QED) is 0.461. The first-order valence-electron chi connectivity index (χ1n) is 10.9. The summed E-state index contributed by atoms with van der Waals surface area (Å²) in [4.78, 5) is 17.9. The van der Waals surface area contributed by atoms with Crippen LogP contribution in [0, 0.1) is 0 Å². The van der Waals surface area contributed by atoms with Gasteiger partial charge in [0.15, 0.2) is 5.75 Å². The average Bonchev–Trinajstić information content (AvgIpc) is 3.44. The van der Waals surface area contributed by atoms with Crippen molar-refractivity contribution in [1.82, 2.24) is 14.5 Å². The van der Waals surface area contributed by atoms with Crippen LogP contribution in [-0.4, -0.2) is 51.4 Å². The van der Waals surface area contributed by atoms with Gasteiger partial charge < -0.3 is 20.5 Å². The van der Waals surface area contributed by atoms with E-state index in [1.165, 1.54) is 16.5 Å². The van der Waals surface area contributed by atoms with Crippen molar-refractivity contribution in [2.24, 2.45) is 5.73 Å². The van der Waals surface area contributed by atoms with E-state index in [9.17, 15) is 9.90 Å². The lowest BCUT2D eigenvalue weighted by molar-refractivity contribution is 0.158. The number of aromatic nitrogens is 2. The van der Waals surface area contributed by atoms with E-state index >= 15 is 0 Å². The molecule has 7 nitrogen and oxygen atoms in total. The topological polar surface area (TPSA) is 93.6 Å². The molecule has 0 fully saturated rings. The van der Waals surface area contributed by atoms with E-state index in [1.807, 2.05) is 31.2 Å². The maximum absolute atomic E-state index is 12.3. The number of nitrogens with zero attached hydrogens (tertiary/aromatic N) is 3. The number of ether oxygens (including phenoxy) is 1. The molecule has 182 valence electrons. The number of carbonyl (C=O) groups excluding carboxylic acids is 1. The van der Waals surface area contributed by atoms with Crippen LogP contribution in [0.2, 0.25) is 15.1 Å². The fourth-order valence-corrected chi connectivity index (χ4v) is 4.56. The number of rotatable bonds is 6. The molecule has 10 heteroatoms. The molecule has 0 radical (unpaired) electrons. The van der Waals surface area contributed by atoms with E-state index in [2.05, 4.69) is 4.98 Å². The van der Waals surface area contributed by atoms with Crippen molar-refractivity contribution in [3.63, 3.8) is 0 Å². The Labute approximate surface area is 214 Å². The Bertz CT molecular complexity index is 1070. The van der Waals surface area contributed by atoms with Crippen LogP contribution in [0.1, 0.15) is 30.5 Å². The normalized spacial score (nSPS) is 16.4. The first kappa shape index (κ1) is 26.3. The number of imidazole rings is 1. The molecule has 2 unspecified atom stereocenters. The van der Waals surface area contributed by atoms with Crippen LogP contribution in [0.25, 0.3) is 0 Å². The zero-order chi connectivity index (χ0) is 24.7. The van der Waals surface area contributed by atoms with Crippen LogP contribution in [0.4, 0.5) is 4.79 Å². The van der Waals surface area contributed by atoms with Crippen molar-refractivity contribution in [2.45, 2.75) is 31.9 Å². The molecule has 0 saturated carbocycles. The van der Waals surface area contributed by atoms with Crippen molar-refractivity contribution in [3.8, 4) is 5.75 Å². The molecule has 4 rings (SSSR count). The Morgan fingerprint density at radius 2 is 1.94 bits per heavy atom. The van der Waals surface area contributed by atoms with E-state index in [0.29, 0.717) is 40.3 Å². The highest BCUT2D eigenvalue weighted by molar-refractivity contribution is 6.40. The number of amides is 1. The predicted molar refractivity (Wildman–Crippen MR) is 135 cm³/mol. The summed E-state index contributed by atoms with van der Waals surface area (Å²) < 4.78 is 7.05. The Hall–Kier alpha value is -2.29. The summed E-state index contributed by atoms with van der Waals surface area (Å²) >= 11 is 18.0. The fraction of sp³-hybridized carbons (Fsp3) is 0.333. The molecule has 0 aliphatic heterocycles. The molecule has 1 amide bonds. The van der Waals surface area contributed by atoms with Gasteiger partial charge in [-0.05, 0) is 29.7 Å². The first-order valence-corrected chi connectivity index (χ1v) is 12.0. The maximum atomic E-state index is 12.3. The minimum atomic E-state index is -0.382. The van der Waals surface area contributed by atoms with Crippen LogP contribution in [0.3, 0.4) is 0 Å². The Balaban J connectivity index is 0.000000243. The van der Waals surface area contributed by atoms with Crippen LogP contribution in [-0.2, 0) is 6.42 Å². The molecule has 0 spiro atoms. The van der Waals surface area contributed by atoms with Crippen LogP contribution >= 0.6 is 34.8 Å². The predicted octanol–water partition coefficient (Wildman–Crippen LogP) is 5.21. The number of fused-ring (bicyclic) bond motifs is 1. The third-order valence-electron chi connectivity index (χ3n) is 5.32. The minimum Gasteiger partial charge on any atom is -0.489 e. The number of benzene rings is 2. The Kier molecular flexibility index (Phi) is 9.62. The summed E-state index contributed by atoms with van der Waals surface area (Å²) in [6, 6.07) is 10.7. The molecule has 34 heavy (non-hydrogen) atoms. The molecule has 1 aromatic heterocycles. The van der Waals surface area contributed by atoms with Gasteiger partial charge in [-0.1, -0.05) is 66.0 Å². The number of nitrogens with two attached hydrogens (primary N) is 1. The standard InChI is InChI=1S/C15H16Cl3N3O2.C9H11NO/c1-2-4-20(15(22)21-5-3-19-10-21)6-7-23-14-12(17)8-11(16)9-13(14)18;10-9-7-4-2-1-3-6(7)5-8(9)11/h3,5,8-10H,2,4,6-7H2,1H3;1-4,8-9,11H,5,10H2. The summed E-state index contributed by atoms with van der Waals surface area (Å²) in [5.74, 6) is 0.365. The van der Waals surface area contributed by atoms with Gasteiger partial charge in [0.2, 0.25) is 0 Å². The van der Waals surface area contributed by atoms with Gasteiger partial charge in [0, 0.05) is 30.4 Å². The van der Waals surface area contributed by atoms with Gasteiger partial charge in [0.25, 0.3) is 0 Å². The molecular weight excluding hydrogens is 499 g/mol. The zero-order valence-corrected chi connectivity index (χ0v) is 21.0. The van der Waals surface area contributed by atoms with Gasteiger partial charge in [-0.2, -0.15) is 0 Å². The fourth-order valence-electron chi connectivity index (χ4n) is 3.64. The van der Waals surface area contributed by atoms with E-state index in [0.717, 1.165) is 12.0 Å². The maximum Gasteiger partial charge on any atom is 0.329 e. The van der Waals surface area contributed by atoms with Gasteiger partial charge in [0.05, 0.1) is 28.7 Å². The van der Waals surface area contributed by atoms with Gasteiger partial charge in [-0.25, -0.2) is 9.78 Å². The highest BCUT2D eigenvalue weighted by atomic mass is 35.5. The number of aliphatic hydroxyl groups excluding tert-OH is 1. The molecule has 0 saturated heterocycles. The van der Waals surface area contributed by atoms with Gasteiger partial charge in [0.1, 0.15) is 12.9 Å². The third-order valence-corrected chi connectivity index (χ3v) is 6.10. The second-order valence-corrected chi connectivity index (χ2v) is 9.03. The van der Waals surface area contributed by atoms with Crippen molar-refractivity contribution < 1.29 is 14.6 Å². The Morgan fingerprint density at radius 3 is 2.56 bits per heavy atom. The molecule has 1 aliphatic carbocycles. The lowest BCUT2D eigenvalue weighted by Crippen LogP contribution is -2.37. The first-order chi connectivity index (χ1) is 16.3. The van der Waals surface area contributed by atoms with E-state index in [4.69, 9.17) is 45.3 Å². The number of carbonyl (C=O) groups is 1. The van der Waals surface area contributed by atoms with Crippen LogP contribution in [0.15, 0.2) is 55.1 Å². The lowest BCUT2D eigenvalue weighted by Gasteiger charge is -2.22. The average molecular weight is 526 g/mol. The number of hydrogen-bond acceptors (Lipinski definition) is 5.